The SMILES string of the molecule is COc1ccc(C)cc1NS(=O)(=O)c1cc(CN2CCNC(C)C2)c2occc2c1. The lowest BCUT2D eigenvalue weighted by Gasteiger charge is -2.31. The normalized spacial score (nSPS) is 17.9. The van der Waals surface area contributed by atoms with Crippen LogP contribution in [0.25, 0.3) is 11.0 Å². The minimum atomic E-state index is -3.81. The van der Waals surface area contributed by atoms with E-state index in [0.717, 1.165) is 41.7 Å². The third-order valence-corrected chi connectivity index (χ3v) is 6.70. The number of sulfonamides is 1. The Bertz CT molecular complexity index is 1160. The van der Waals surface area contributed by atoms with E-state index in [1.54, 1.807) is 36.6 Å². The summed E-state index contributed by atoms with van der Waals surface area (Å²) in [6, 6.07) is 10.9. The smallest absolute Gasteiger partial charge is 0.262 e. The van der Waals surface area contributed by atoms with Gasteiger partial charge >= 0.3 is 0 Å². The molecule has 2 aromatic carbocycles. The second kappa shape index (κ2) is 8.29. The molecule has 0 amide bonds. The lowest BCUT2D eigenvalue weighted by Crippen LogP contribution is -2.48. The van der Waals surface area contributed by atoms with Gasteiger partial charge in [0.25, 0.3) is 10.0 Å². The summed E-state index contributed by atoms with van der Waals surface area (Å²) >= 11 is 0. The first-order chi connectivity index (χ1) is 14.4. The molecule has 1 atom stereocenters. The summed E-state index contributed by atoms with van der Waals surface area (Å²) in [4.78, 5) is 2.52. The average molecular weight is 430 g/mol. The quantitative estimate of drug-likeness (QED) is 0.625. The first kappa shape index (κ1) is 20.7. The van der Waals surface area contributed by atoms with Gasteiger partial charge in [-0.15, -0.1) is 0 Å². The summed E-state index contributed by atoms with van der Waals surface area (Å²) in [5.41, 5.74) is 2.95. The zero-order valence-corrected chi connectivity index (χ0v) is 18.3. The fourth-order valence-corrected chi connectivity index (χ4v) is 5.05. The second-order valence-corrected chi connectivity index (χ2v) is 9.50. The van der Waals surface area contributed by atoms with Crippen LogP contribution in [0.2, 0.25) is 0 Å². The molecule has 1 saturated heterocycles. The van der Waals surface area contributed by atoms with Gasteiger partial charge in [-0.25, -0.2) is 8.42 Å². The molecule has 0 bridgehead atoms. The maximum atomic E-state index is 13.2. The van der Waals surface area contributed by atoms with Gasteiger partial charge in [0, 0.05) is 43.2 Å². The molecule has 0 spiro atoms. The average Bonchev–Trinajstić information content (AvgIpc) is 3.17. The maximum Gasteiger partial charge on any atom is 0.262 e. The molecule has 30 heavy (non-hydrogen) atoms. The van der Waals surface area contributed by atoms with Crippen molar-refractivity contribution in [2.24, 2.45) is 0 Å². The number of hydrogen-bond donors (Lipinski definition) is 2. The van der Waals surface area contributed by atoms with E-state index in [9.17, 15) is 8.42 Å². The largest absolute Gasteiger partial charge is 0.495 e. The molecular formula is C22H27N3O4S. The Morgan fingerprint density at radius 3 is 2.87 bits per heavy atom. The first-order valence-electron chi connectivity index (χ1n) is 9.99. The third-order valence-electron chi connectivity index (χ3n) is 5.36. The minimum Gasteiger partial charge on any atom is -0.495 e. The Morgan fingerprint density at radius 2 is 2.10 bits per heavy atom. The Morgan fingerprint density at radius 1 is 1.27 bits per heavy atom. The van der Waals surface area contributed by atoms with Crippen LogP contribution in [0, 0.1) is 6.92 Å². The zero-order chi connectivity index (χ0) is 21.3. The van der Waals surface area contributed by atoms with Crippen molar-refractivity contribution in [3.05, 3.63) is 53.8 Å². The van der Waals surface area contributed by atoms with Crippen LogP contribution in [0.1, 0.15) is 18.1 Å². The van der Waals surface area contributed by atoms with Gasteiger partial charge in [0.05, 0.1) is 24.0 Å². The van der Waals surface area contributed by atoms with Gasteiger partial charge in [0.1, 0.15) is 11.3 Å². The van der Waals surface area contributed by atoms with Crippen molar-refractivity contribution in [2.45, 2.75) is 31.3 Å². The number of methoxy groups -OCH3 is 1. The molecular weight excluding hydrogens is 402 g/mol. The number of furan rings is 1. The lowest BCUT2D eigenvalue weighted by atomic mass is 10.1. The number of benzene rings is 2. The second-order valence-electron chi connectivity index (χ2n) is 7.82. The third kappa shape index (κ3) is 4.30. The fraction of sp³-hybridized carbons (Fsp3) is 0.364. The van der Waals surface area contributed by atoms with Crippen LogP contribution in [0.4, 0.5) is 5.69 Å². The van der Waals surface area contributed by atoms with Crippen molar-refractivity contribution >= 4 is 26.7 Å². The van der Waals surface area contributed by atoms with E-state index in [1.807, 2.05) is 13.0 Å². The van der Waals surface area contributed by atoms with E-state index < -0.39 is 10.0 Å². The van der Waals surface area contributed by atoms with Crippen molar-refractivity contribution in [3.63, 3.8) is 0 Å². The van der Waals surface area contributed by atoms with E-state index in [4.69, 9.17) is 9.15 Å². The predicted molar refractivity (Wildman–Crippen MR) is 117 cm³/mol. The van der Waals surface area contributed by atoms with Gasteiger partial charge < -0.3 is 14.5 Å². The molecule has 0 saturated carbocycles. The van der Waals surface area contributed by atoms with Crippen molar-refractivity contribution in [2.75, 3.05) is 31.5 Å². The zero-order valence-electron chi connectivity index (χ0n) is 17.4. The van der Waals surface area contributed by atoms with Crippen molar-refractivity contribution in [1.29, 1.82) is 0 Å². The summed E-state index contributed by atoms with van der Waals surface area (Å²) < 4.78 is 40.1. The van der Waals surface area contributed by atoms with Crippen LogP contribution in [-0.2, 0) is 16.6 Å². The number of nitrogens with one attached hydrogen (secondary N) is 2. The van der Waals surface area contributed by atoms with Gasteiger partial charge in [-0.1, -0.05) is 6.07 Å². The van der Waals surface area contributed by atoms with Gasteiger partial charge in [0.2, 0.25) is 0 Å². The van der Waals surface area contributed by atoms with Crippen molar-refractivity contribution in [3.8, 4) is 5.75 Å². The number of aryl methyl sites for hydroxylation is 1. The van der Waals surface area contributed by atoms with Gasteiger partial charge in [0.15, 0.2) is 0 Å². The van der Waals surface area contributed by atoms with Crippen LogP contribution in [-0.4, -0.2) is 46.1 Å². The molecule has 4 rings (SSSR count). The van der Waals surface area contributed by atoms with E-state index in [2.05, 4.69) is 21.9 Å². The molecule has 1 unspecified atom stereocenters. The van der Waals surface area contributed by atoms with Crippen LogP contribution in [0.15, 0.2) is 52.0 Å². The number of nitrogens with zero attached hydrogens (tertiary/aromatic N) is 1. The fourth-order valence-electron chi connectivity index (χ4n) is 3.90. The summed E-state index contributed by atoms with van der Waals surface area (Å²) in [5, 5.41) is 4.20. The van der Waals surface area contributed by atoms with Crippen LogP contribution >= 0.6 is 0 Å². The highest BCUT2D eigenvalue weighted by Gasteiger charge is 2.22. The molecule has 1 aliphatic rings. The highest BCUT2D eigenvalue weighted by atomic mass is 32.2. The van der Waals surface area contributed by atoms with Crippen LogP contribution in [0.5, 0.6) is 5.75 Å². The molecule has 1 aromatic heterocycles. The number of fused-ring (bicyclic) bond motifs is 1. The van der Waals surface area contributed by atoms with Crippen molar-refractivity contribution < 1.29 is 17.6 Å². The molecule has 0 aliphatic carbocycles. The van der Waals surface area contributed by atoms with Crippen LogP contribution < -0.4 is 14.8 Å². The minimum absolute atomic E-state index is 0.207. The molecule has 0 radical (unpaired) electrons. The van der Waals surface area contributed by atoms with E-state index in [-0.39, 0.29) is 4.90 Å². The summed E-state index contributed by atoms with van der Waals surface area (Å²) in [5.74, 6) is 0.476. The number of hydrogen-bond acceptors (Lipinski definition) is 6. The molecule has 1 aliphatic heterocycles. The van der Waals surface area contributed by atoms with Crippen molar-refractivity contribution in [1.82, 2.24) is 10.2 Å². The molecule has 2 N–H and O–H groups in total. The predicted octanol–water partition coefficient (Wildman–Crippen LogP) is 3.34. The van der Waals surface area contributed by atoms with Gasteiger partial charge in [-0.05, 0) is 49.7 Å². The molecule has 2 heterocycles. The summed E-state index contributed by atoms with van der Waals surface area (Å²) in [6.45, 7) is 7.40. The van der Waals surface area contributed by atoms with E-state index in [1.165, 1.54) is 7.11 Å². The van der Waals surface area contributed by atoms with Gasteiger partial charge in [-0.3, -0.25) is 9.62 Å². The standard InChI is InChI=1S/C22H27N3O4S/c1-15-4-5-21(28-3)20(10-15)24-30(26,27)19-11-17-6-9-29-22(17)18(12-19)14-25-8-7-23-16(2)13-25/h4-6,9-12,16,23-24H,7-8,13-14H2,1-3H3. The summed E-state index contributed by atoms with van der Waals surface area (Å²) in [7, 11) is -2.29. The Hall–Kier alpha value is -2.55. The number of piperazine rings is 1. The number of ether oxygens (including phenoxy) is 1. The highest BCUT2D eigenvalue weighted by Crippen LogP contribution is 2.30. The Balaban J connectivity index is 1.69. The number of anilines is 1. The maximum absolute atomic E-state index is 13.2. The van der Waals surface area contributed by atoms with Crippen LogP contribution in [0.3, 0.4) is 0 Å². The molecule has 8 heteroatoms. The van der Waals surface area contributed by atoms with E-state index >= 15 is 0 Å². The first-order valence-corrected chi connectivity index (χ1v) is 11.5. The Kier molecular flexibility index (Phi) is 5.73. The lowest BCUT2D eigenvalue weighted by molar-refractivity contribution is 0.199. The molecule has 7 nitrogen and oxygen atoms in total. The monoisotopic (exact) mass is 429 g/mol. The highest BCUT2D eigenvalue weighted by molar-refractivity contribution is 7.92. The molecule has 3 aromatic rings. The van der Waals surface area contributed by atoms with Gasteiger partial charge in [-0.2, -0.15) is 0 Å². The molecule has 160 valence electrons. The number of rotatable bonds is 6. The molecule has 1 fully saturated rings. The Labute approximate surface area is 177 Å². The summed E-state index contributed by atoms with van der Waals surface area (Å²) in [6.07, 6.45) is 1.60. The topological polar surface area (TPSA) is 83.8 Å². The van der Waals surface area contributed by atoms with E-state index in [0.29, 0.717) is 24.0 Å².